The summed E-state index contributed by atoms with van der Waals surface area (Å²) in [5, 5.41) is 2.81. The molecular formula is C17H17BrF2N2O2. The molecule has 128 valence electrons. The van der Waals surface area contributed by atoms with Crippen LogP contribution in [0.15, 0.2) is 53.0 Å². The summed E-state index contributed by atoms with van der Waals surface area (Å²) in [6, 6.07) is 13.7. The molecule has 2 aromatic rings. The molecule has 0 aliphatic rings. The molecule has 0 heterocycles. The van der Waals surface area contributed by atoms with E-state index < -0.39 is 6.61 Å². The third kappa shape index (κ3) is 6.25. The van der Waals surface area contributed by atoms with E-state index in [2.05, 4.69) is 26.0 Å². The van der Waals surface area contributed by atoms with Crippen molar-refractivity contribution in [3.8, 4) is 5.75 Å². The number of anilines is 1. The Morgan fingerprint density at radius 3 is 2.38 bits per heavy atom. The van der Waals surface area contributed by atoms with Gasteiger partial charge in [-0.15, -0.1) is 0 Å². The van der Waals surface area contributed by atoms with Crippen molar-refractivity contribution < 1.29 is 18.3 Å². The summed E-state index contributed by atoms with van der Waals surface area (Å²) in [6.45, 7) is -2.10. The minimum absolute atomic E-state index is 0.115. The topological polar surface area (TPSA) is 41.6 Å². The summed E-state index contributed by atoms with van der Waals surface area (Å²) in [6.07, 6.45) is 0. The second kappa shape index (κ2) is 8.75. The highest BCUT2D eigenvalue weighted by Crippen LogP contribution is 2.16. The van der Waals surface area contributed by atoms with E-state index in [0.29, 0.717) is 6.54 Å². The van der Waals surface area contributed by atoms with Crippen LogP contribution in [0, 0.1) is 0 Å². The predicted octanol–water partition coefficient (Wildman–Crippen LogP) is 4.12. The van der Waals surface area contributed by atoms with Crippen LogP contribution in [-0.4, -0.2) is 31.0 Å². The van der Waals surface area contributed by atoms with Gasteiger partial charge in [-0.2, -0.15) is 8.78 Å². The SMILES string of the molecule is CN(CC(=O)Nc1ccc(Br)cc1)Cc1ccc(OC(F)F)cc1. The fraction of sp³-hybridized carbons (Fsp3) is 0.235. The molecule has 1 N–H and O–H groups in total. The van der Waals surface area contributed by atoms with Gasteiger partial charge in [0.2, 0.25) is 5.91 Å². The Morgan fingerprint density at radius 2 is 1.79 bits per heavy atom. The lowest BCUT2D eigenvalue weighted by Crippen LogP contribution is -2.29. The van der Waals surface area contributed by atoms with Gasteiger partial charge in [0.1, 0.15) is 5.75 Å². The molecule has 0 radical (unpaired) electrons. The van der Waals surface area contributed by atoms with E-state index in [1.54, 1.807) is 12.1 Å². The number of hydrogen-bond donors (Lipinski definition) is 1. The number of alkyl halides is 2. The Balaban J connectivity index is 1.82. The molecule has 0 saturated heterocycles. The lowest BCUT2D eigenvalue weighted by Gasteiger charge is -2.16. The largest absolute Gasteiger partial charge is 0.435 e. The van der Waals surface area contributed by atoms with Crippen LogP contribution in [-0.2, 0) is 11.3 Å². The normalized spacial score (nSPS) is 10.9. The maximum atomic E-state index is 12.1. The first-order valence-electron chi connectivity index (χ1n) is 7.20. The molecule has 24 heavy (non-hydrogen) atoms. The smallest absolute Gasteiger partial charge is 0.387 e. The van der Waals surface area contributed by atoms with Gasteiger partial charge < -0.3 is 10.1 Å². The monoisotopic (exact) mass is 398 g/mol. The molecule has 0 spiro atoms. The number of ether oxygens (including phenoxy) is 1. The molecule has 0 aliphatic heterocycles. The molecule has 0 fully saturated rings. The standard InChI is InChI=1S/C17H17BrF2N2O2/c1-22(10-12-2-8-15(9-3-12)24-17(19)20)11-16(23)21-14-6-4-13(18)5-7-14/h2-9,17H,10-11H2,1H3,(H,21,23). The lowest BCUT2D eigenvalue weighted by molar-refractivity contribution is -0.117. The minimum atomic E-state index is -2.83. The van der Waals surface area contributed by atoms with Crippen molar-refractivity contribution in [1.29, 1.82) is 0 Å². The first-order valence-corrected chi connectivity index (χ1v) is 7.99. The van der Waals surface area contributed by atoms with Gasteiger partial charge in [-0.25, -0.2) is 0 Å². The number of hydrogen-bond acceptors (Lipinski definition) is 3. The first kappa shape index (κ1) is 18.4. The second-order valence-corrected chi connectivity index (χ2v) is 6.17. The fourth-order valence-corrected chi connectivity index (χ4v) is 2.39. The Bertz CT molecular complexity index is 663. The zero-order chi connectivity index (χ0) is 17.5. The number of nitrogens with zero attached hydrogens (tertiary/aromatic N) is 1. The summed E-state index contributed by atoms with van der Waals surface area (Å²) in [5.74, 6) is -0.0122. The summed E-state index contributed by atoms with van der Waals surface area (Å²) in [4.78, 5) is 13.8. The van der Waals surface area contributed by atoms with Crippen molar-refractivity contribution in [2.75, 3.05) is 18.9 Å². The molecule has 2 aromatic carbocycles. The molecule has 1 amide bonds. The molecule has 4 nitrogen and oxygen atoms in total. The Morgan fingerprint density at radius 1 is 1.17 bits per heavy atom. The van der Waals surface area contributed by atoms with Gasteiger partial charge in [0.05, 0.1) is 6.54 Å². The molecule has 0 bridgehead atoms. The predicted molar refractivity (Wildman–Crippen MR) is 92.2 cm³/mol. The van der Waals surface area contributed by atoms with Crippen LogP contribution < -0.4 is 10.1 Å². The van der Waals surface area contributed by atoms with E-state index >= 15 is 0 Å². The zero-order valence-electron chi connectivity index (χ0n) is 13.0. The number of nitrogens with one attached hydrogen (secondary N) is 1. The molecule has 0 aliphatic carbocycles. The van der Waals surface area contributed by atoms with Gasteiger partial charge >= 0.3 is 6.61 Å². The Kier molecular flexibility index (Phi) is 6.69. The van der Waals surface area contributed by atoms with Crippen molar-refractivity contribution >= 4 is 27.5 Å². The van der Waals surface area contributed by atoms with Crippen LogP contribution >= 0.6 is 15.9 Å². The molecule has 0 atom stereocenters. The van der Waals surface area contributed by atoms with Gasteiger partial charge in [-0.1, -0.05) is 28.1 Å². The first-order chi connectivity index (χ1) is 11.4. The van der Waals surface area contributed by atoms with E-state index in [4.69, 9.17) is 0 Å². The van der Waals surface area contributed by atoms with Crippen LogP contribution in [0.2, 0.25) is 0 Å². The van der Waals surface area contributed by atoms with Crippen molar-refractivity contribution in [3.05, 3.63) is 58.6 Å². The van der Waals surface area contributed by atoms with Gasteiger partial charge in [0.15, 0.2) is 0 Å². The number of carbonyl (C=O) groups excluding carboxylic acids is 1. The Labute approximate surface area is 147 Å². The maximum Gasteiger partial charge on any atom is 0.387 e. The fourth-order valence-electron chi connectivity index (χ4n) is 2.12. The number of halogens is 3. The average molecular weight is 399 g/mol. The van der Waals surface area contributed by atoms with Crippen molar-refractivity contribution in [3.63, 3.8) is 0 Å². The molecule has 0 unspecified atom stereocenters. The van der Waals surface area contributed by atoms with Crippen molar-refractivity contribution in [1.82, 2.24) is 4.90 Å². The van der Waals surface area contributed by atoms with Crippen LogP contribution in [0.1, 0.15) is 5.56 Å². The average Bonchev–Trinajstić information content (AvgIpc) is 2.51. The van der Waals surface area contributed by atoms with Gasteiger partial charge in [0.25, 0.3) is 0 Å². The molecule has 7 heteroatoms. The molecule has 2 rings (SSSR count). The third-order valence-electron chi connectivity index (χ3n) is 3.14. The van der Waals surface area contributed by atoms with Gasteiger partial charge in [0, 0.05) is 16.7 Å². The van der Waals surface area contributed by atoms with Crippen LogP contribution in [0.25, 0.3) is 0 Å². The van der Waals surface area contributed by atoms with E-state index in [9.17, 15) is 13.6 Å². The van der Waals surface area contributed by atoms with Gasteiger partial charge in [-0.3, -0.25) is 9.69 Å². The highest BCUT2D eigenvalue weighted by atomic mass is 79.9. The summed E-state index contributed by atoms with van der Waals surface area (Å²) >= 11 is 3.34. The van der Waals surface area contributed by atoms with Crippen molar-refractivity contribution in [2.24, 2.45) is 0 Å². The Hall–Kier alpha value is -1.99. The molecule has 0 aromatic heterocycles. The zero-order valence-corrected chi connectivity index (χ0v) is 14.6. The number of benzene rings is 2. The highest BCUT2D eigenvalue weighted by molar-refractivity contribution is 9.10. The lowest BCUT2D eigenvalue weighted by atomic mass is 10.2. The third-order valence-corrected chi connectivity index (χ3v) is 3.67. The number of amides is 1. The van der Waals surface area contributed by atoms with E-state index in [-0.39, 0.29) is 18.2 Å². The number of carbonyl (C=O) groups is 1. The summed E-state index contributed by atoms with van der Waals surface area (Å²) in [7, 11) is 1.81. The van der Waals surface area contributed by atoms with Crippen LogP contribution in [0.3, 0.4) is 0 Å². The van der Waals surface area contributed by atoms with Crippen molar-refractivity contribution in [2.45, 2.75) is 13.2 Å². The highest BCUT2D eigenvalue weighted by Gasteiger charge is 2.09. The van der Waals surface area contributed by atoms with E-state index in [0.717, 1.165) is 15.7 Å². The minimum Gasteiger partial charge on any atom is -0.435 e. The summed E-state index contributed by atoms with van der Waals surface area (Å²) < 4.78 is 29.4. The molecule has 0 saturated carbocycles. The van der Waals surface area contributed by atoms with Crippen LogP contribution in [0.5, 0.6) is 5.75 Å². The second-order valence-electron chi connectivity index (χ2n) is 5.25. The summed E-state index contributed by atoms with van der Waals surface area (Å²) in [5.41, 5.74) is 1.63. The van der Waals surface area contributed by atoms with E-state index in [1.165, 1.54) is 12.1 Å². The maximum absolute atomic E-state index is 12.1. The van der Waals surface area contributed by atoms with Crippen LogP contribution in [0.4, 0.5) is 14.5 Å². The van der Waals surface area contributed by atoms with E-state index in [1.807, 2.05) is 36.2 Å². The number of likely N-dealkylation sites (N-methyl/N-ethyl adjacent to an activating group) is 1. The quantitative estimate of drug-likeness (QED) is 0.762. The van der Waals surface area contributed by atoms with Gasteiger partial charge in [-0.05, 0) is 49.0 Å². The number of rotatable bonds is 7. The molecular weight excluding hydrogens is 382 g/mol.